The number of carboxylic acids is 1. The Bertz CT molecular complexity index is 355. The predicted molar refractivity (Wildman–Crippen MR) is 59.1 cm³/mol. The molecule has 0 saturated heterocycles. The first kappa shape index (κ1) is 11.8. The summed E-state index contributed by atoms with van der Waals surface area (Å²) in [5, 5.41) is 10.5. The molecule has 15 heavy (non-hydrogen) atoms. The van der Waals surface area contributed by atoms with Gasteiger partial charge in [0.2, 0.25) is 8.32 Å². The normalized spacial score (nSPS) is 11.1. The first-order valence-electron chi connectivity index (χ1n) is 4.85. The predicted octanol–water partition coefficient (Wildman–Crippen LogP) is 1.19. The van der Waals surface area contributed by atoms with Crippen LogP contribution in [0.2, 0.25) is 19.6 Å². The molecule has 0 aromatic heterocycles. The second-order valence-corrected chi connectivity index (χ2v) is 8.80. The summed E-state index contributed by atoms with van der Waals surface area (Å²) in [5.41, 5.74) is 0.680. The molecule has 0 amide bonds. The molecule has 0 heterocycles. The maximum absolute atomic E-state index is 10.5. The van der Waals surface area contributed by atoms with Gasteiger partial charge in [-0.3, -0.25) is 0 Å². The van der Waals surface area contributed by atoms with Crippen molar-refractivity contribution in [3.8, 4) is 5.75 Å². The van der Waals surface area contributed by atoms with Crippen molar-refractivity contribution < 1.29 is 14.3 Å². The third-order valence-electron chi connectivity index (χ3n) is 1.72. The Morgan fingerprint density at radius 1 is 1.33 bits per heavy atom. The zero-order valence-electron chi connectivity index (χ0n) is 9.24. The van der Waals surface area contributed by atoms with Gasteiger partial charge in [-0.1, -0.05) is 18.2 Å². The quantitative estimate of drug-likeness (QED) is 0.720. The molecule has 3 nitrogen and oxygen atoms in total. The minimum atomic E-state index is -1.69. The smallest absolute Gasteiger partial charge is 0.242 e. The van der Waals surface area contributed by atoms with E-state index in [1.54, 1.807) is 18.2 Å². The second kappa shape index (κ2) is 4.48. The summed E-state index contributed by atoms with van der Waals surface area (Å²) in [6.07, 6.45) is -0.0966. The summed E-state index contributed by atoms with van der Waals surface area (Å²) < 4.78 is 5.78. The van der Waals surface area contributed by atoms with Gasteiger partial charge in [-0.25, -0.2) is 0 Å². The fraction of sp³-hybridized carbons (Fsp3) is 0.364. The lowest BCUT2D eigenvalue weighted by Gasteiger charge is -2.21. The van der Waals surface area contributed by atoms with Crippen LogP contribution in [0.3, 0.4) is 0 Å². The molecular formula is C11H15O3Si-. The third-order valence-corrected chi connectivity index (χ3v) is 2.56. The third kappa shape index (κ3) is 4.16. The van der Waals surface area contributed by atoms with E-state index >= 15 is 0 Å². The molecule has 0 aliphatic heterocycles. The van der Waals surface area contributed by atoms with Gasteiger partial charge < -0.3 is 14.3 Å². The van der Waals surface area contributed by atoms with Crippen molar-refractivity contribution in [1.82, 2.24) is 0 Å². The Balaban J connectivity index is 2.91. The number of benzene rings is 1. The molecule has 0 atom stereocenters. The van der Waals surface area contributed by atoms with Crippen LogP contribution in [0, 0.1) is 0 Å². The average molecular weight is 223 g/mol. The fourth-order valence-corrected chi connectivity index (χ4v) is 2.09. The van der Waals surface area contributed by atoms with Gasteiger partial charge in [0, 0.05) is 12.4 Å². The van der Waals surface area contributed by atoms with Crippen molar-refractivity contribution in [3.05, 3.63) is 29.8 Å². The fourth-order valence-electron chi connectivity index (χ4n) is 1.23. The summed E-state index contributed by atoms with van der Waals surface area (Å²) in [7, 11) is -1.69. The molecule has 4 heteroatoms. The highest BCUT2D eigenvalue weighted by Crippen LogP contribution is 2.21. The maximum atomic E-state index is 10.5. The van der Waals surface area contributed by atoms with Crippen LogP contribution in [-0.4, -0.2) is 14.3 Å². The number of rotatable bonds is 4. The van der Waals surface area contributed by atoms with Crippen molar-refractivity contribution in [2.24, 2.45) is 0 Å². The van der Waals surface area contributed by atoms with E-state index in [0.717, 1.165) is 0 Å². The molecule has 0 N–H and O–H groups in total. The molecule has 0 unspecified atom stereocenters. The summed E-state index contributed by atoms with van der Waals surface area (Å²) in [5.74, 6) is -0.414. The minimum absolute atomic E-state index is 0.0966. The summed E-state index contributed by atoms with van der Waals surface area (Å²) in [6, 6.07) is 7.20. The van der Waals surface area contributed by atoms with E-state index in [1.807, 2.05) is 6.07 Å². The van der Waals surface area contributed by atoms with E-state index in [2.05, 4.69) is 19.6 Å². The van der Waals surface area contributed by atoms with E-state index in [0.29, 0.717) is 11.3 Å². The monoisotopic (exact) mass is 223 g/mol. The van der Waals surface area contributed by atoms with E-state index in [-0.39, 0.29) is 6.42 Å². The first-order valence-corrected chi connectivity index (χ1v) is 8.26. The Morgan fingerprint density at radius 2 is 1.93 bits per heavy atom. The number of para-hydroxylation sites is 1. The van der Waals surface area contributed by atoms with Crippen molar-refractivity contribution in [2.45, 2.75) is 26.1 Å². The SMILES string of the molecule is C[Si](C)(C)Oc1ccccc1CC(=O)[O-]. The Hall–Kier alpha value is -1.29. The van der Waals surface area contributed by atoms with Gasteiger partial charge in [0.05, 0.1) is 0 Å². The first-order chi connectivity index (χ1) is 6.88. The molecule has 0 radical (unpaired) electrons. The lowest BCUT2D eigenvalue weighted by Crippen LogP contribution is -2.30. The Morgan fingerprint density at radius 3 is 2.47 bits per heavy atom. The van der Waals surface area contributed by atoms with Crippen molar-refractivity contribution in [3.63, 3.8) is 0 Å². The maximum Gasteiger partial charge on any atom is 0.242 e. The molecule has 82 valence electrons. The zero-order chi connectivity index (χ0) is 11.5. The molecule has 0 aliphatic carbocycles. The number of carbonyl (C=O) groups is 1. The molecule has 0 fully saturated rings. The minimum Gasteiger partial charge on any atom is -0.550 e. The van der Waals surface area contributed by atoms with Crippen LogP contribution in [0.1, 0.15) is 5.56 Å². The molecular weight excluding hydrogens is 208 g/mol. The number of carbonyl (C=O) groups excluding carboxylic acids is 1. The second-order valence-electron chi connectivity index (χ2n) is 4.37. The number of carboxylic acid groups (broad SMARTS) is 1. The molecule has 1 aromatic carbocycles. The standard InChI is InChI=1S/C11H16O3Si/c1-15(2,3)14-10-7-5-4-6-9(10)8-11(12)13/h4-7H,8H2,1-3H3,(H,12,13)/p-1. The van der Waals surface area contributed by atoms with Crippen LogP contribution >= 0.6 is 0 Å². The van der Waals surface area contributed by atoms with Crippen molar-refractivity contribution in [2.75, 3.05) is 0 Å². The van der Waals surface area contributed by atoms with Crippen molar-refractivity contribution in [1.29, 1.82) is 0 Å². The lowest BCUT2D eigenvalue weighted by atomic mass is 10.1. The van der Waals surface area contributed by atoms with Gasteiger partial charge >= 0.3 is 0 Å². The number of hydrogen-bond donors (Lipinski definition) is 0. The highest BCUT2D eigenvalue weighted by Gasteiger charge is 2.17. The molecule has 1 aromatic rings. The molecule has 0 bridgehead atoms. The van der Waals surface area contributed by atoms with Gasteiger partial charge in [0.25, 0.3) is 0 Å². The lowest BCUT2D eigenvalue weighted by molar-refractivity contribution is -0.304. The molecule has 0 saturated carbocycles. The molecule has 0 aliphatic rings. The summed E-state index contributed by atoms with van der Waals surface area (Å²) in [6.45, 7) is 6.17. The van der Waals surface area contributed by atoms with Crippen LogP contribution < -0.4 is 9.53 Å². The van der Waals surface area contributed by atoms with Gasteiger partial charge in [-0.2, -0.15) is 0 Å². The van der Waals surface area contributed by atoms with Gasteiger partial charge in [0.1, 0.15) is 5.75 Å². The largest absolute Gasteiger partial charge is 0.550 e. The van der Waals surface area contributed by atoms with Crippen molar-refractivity contribution >= 4 is 14.3 Å². The Kier molecular flexibility index (Phi) is 3.52. The van der Waals surface area contributed by atoms with Crippen LogP contribution in [0.15, 0.2) is 24.3 Å². The molecule has 0 spiro atoms. The van der Waals surface area contributed by atoms with E-state index < -0.39 is 14.3 Å². The van der Waals surface area contributed by atoms with Crippen LogP contribution in [0.5, 0.6) is 5.75 Å². The van der Waals surface area contributed by atoms with E-state index in [9.17, 15) is 9.90 Å². The van der Waals surface area contributed by atoms with Gasteiger partial charge in [-0.05, 0) is 31.3 Å². The van der Waals surface area contributed by atoms with Crippen LogP contribution in [0.25, 0.3) is 0 Å². The Labute approximate surface area is 90.8 Å². The van der Waals surface area contributed by atoms with Gasteiger partial charge in [0.15, 0.2) is 0 Å². The zero-order valence-corrected chi connectivity index (χ0v) is 10.2. The highest BCUT2D eigenvalue weighted by atomic mass is 28.4. The van der Waals surface area contributed by atoms with Gasteiger partial charge in [-0.15, -0.1) is 0 Å². The van der Waals surface area contributed by atoms with Crippen LogP contribution in [0.4, 0.5) is 0 Å². The van der Waals surface area contributed by atoms with E-state index in [1.165, 1.54) is 0 Å². The number of hydrogen-bond acceptors (Lipinski definition) is 3. The van der Waals surface area contributed by atoms with Crippen LogP contribution in [-0.2, 0) is 11.2 Å². The topological polar surface area (TPSA) is 49.4 Å². The average Bonchev–Trinajstić information content (AvgIpc) is 2.05. The summed E-state index contributed by atoms with van der Waals surface area (Å²) >= 11 is 0. The molecule has 1 rings (SSSR count). The highest BCUT2D eigenvalue weighted by molar-refractivity contribution is 6.70. The van der Waals surface area contributed by atoms with E-state index in [4.69, 9.17) is 4.43 Å². The number of aliphatic carboxylic acids is 1. The summed E-state index contributed by atoms with van der Waals surface area (Å²) in [4.78, 5) is 10.5.